The number of rotatable bonds is 34. The number of likely N-dealkylation sites (N-methyl/N-ethyl adjacent to an activating group) is 1. The van der Waals surface area contributed by atoms with Crippen LogP contribution in [0.2, 0.25) is 0 Å². The molecule has 2 aliphatic rings. The van der Waals surface area contributed by atoms with E-state index in [0.29, 0.717) is 6.04 Å². The average Bonchev–Trinajstić information content (AvgIpc) is 3.90. The van der Waals surface area contributed by atoms with Crippen molar-refractivity contribution in [2.24, 2.45) is 0 Å². The summed E-state index contributed by atoms with van der Waals surface area (Å²) < 4.78 is 13.9. The van der Waals surface area contributed by atoms with Gasteiger partial charge in [0.1, 0.15) is 0 Å². The van der Waals surface area contributed by atoms with E-state index in [1.807, 2.05) is 6.20 Å². The van der Waals surface area contributed by atoms with Gasteiger partial charge in [0, 0.05) is 43.7 Å². The third kappa shape index (κ3) is 21.1. The zero-order valence-corrected chi connectivity index (χ0v) is 34.9. The fourth-order valence-corrected chi connectivity index (χ4v) is 8.15. The number of hydrogen-bond acceptors (Lipinski definition) is 4. The van der Waals surface area contributed by atoms with Gasteiger partial charge in [-0.2, -0.15) is 0 Å². The monoisotopic (exact) mass is 734 g/mol. The molecule has 1 N–H and O–H groups in total. The zero-order valence-electron chi connectivity index (χ0n) is 34.9. The van der Waals surface area contributed by atoms with E-state index in [4.69, 9.17) is 9.47 Å². The van der Waals surface area contributed by atoms with E-state index in [0.717, 1.165) is 51.5 Å². The normalized spacial score (nSPS) is 20.1. The molecule has 0 radical (unpaired) electrons. The van der Waals surface area contributed by atoms with Crippen LogP contribution >= 0.6 is 0 Å². The van der Waals surface area contributed by atoms with E-state index in [9.17, 15) is 0 Å². The first-order chi connectivity index (χ1) is 26.2. The number of nitrogens with one attached hydrogen (secondary N) is 1. The van der Waals surface area contributed by atoms with E-state index < -0.39 is 0 Å². The smallest absolute Gasteiger partial charge is 0.169 e. The number of H-pyrrole nitrogens is 1. The quantitative estimate of drug-likeness (QED) is 0.0566. The Morgan fingerprint density at radius 1 is 0.623 bits per heavy atom. The van der Waals surface area contributed by atoms with Gasteiger partial charge in [0.15, 0.2) is 5.79 Å². The molecule has 1 saturated heterocycles. The second-order valence-electron chi connectivity index (χ2n) is 16.3. The van der Waals surface area contributed by atoms with Crippen molar-refractivity contribution >= 4 is 0 Å². The number of aromatic nitrogens is 2. The zero-order chi connectivity index (χ0) is 37.5. The number of aromatic amines is 1. The molecule has 2 heterocycles. The fourth-order valence-electron chi connectivity index (χ4n) is 8.15. The number of hydrogen-bond donors (Lipinski definition) is 1. The van der Waals surface area contributed by atoms with Crippen LogP contribution in [0.5, 0.6) is 0 Å². The Morgan fingerprint density at radius 3 is 1.49 bits per heavy atom. The molecule has 1 aliphatic heterocycles. The molecule has 302 valence electrons. The summed E-state index contributed by atoms with van der Waals surface area (Å²) in [6, 6.07) is 0.537. The summed E-state index contributed by atoms with van der Waals surface area (Å²) in [5.74, 6) is -0.348. The Hall–Kier alpha value is -1.95. The van der Waals surface area contributed by atoms with Gasteiger partial charge in [-0.1, -0.05) is 140 Å². The van der Waals surface area contributed by atoms with E-state index in [-0.39, 0.29) is 18.0 Å². The van der Waals surface area contributed by atoms with Crippen molar-refractivity contribution in [1.29, 1.82) is 0 Å². The van der Waals surface area contributed by atoms with E-state index in [1.54, 1.807) is 6.33 Å². The molecule has 5 nitrogen and oxygen atoms in total. The van der Waals surface area contributed by atoms with E-state index >= 15 is 0 Å². The molecule has 0 bridgehead atoms. The molecule has 1 aromatic rings. The lowest BCUT2D eigenvalue weighted by Gasteiger charge is -2.32. The largest absolute Gasteiger partial charge is 0.348 e. The highest BCUT2D eigenvalue weighted by Crippen LogP contribution is 2.44. The molecular weight excluding hydrogens is 651 g/mol. The van der Waals surface area contributed by atoms with Crippen LogP contribution in [0.4, 0.5) is 0 Å². The average molecular weight is 734 g/mol. The summed E-state index contributed by atoms with van der Waals surface area (Å²) in [6.07, 6.45) is 59.3. The molecule has 0 spiro atoms. The molecule has 0 amide bonds. The van der Waals surface area contributed by atoms with Gasteiger partial charge in [0.05, 0.1) is 18.5 Å². The van der Waals surface area contributed by atoms with Crippen molar-refractivity contribution in [3.8, 4) is 0 Å². The van der Waals surface area contributed by atoms with Crippen molar-refractivity contribution in [2.45, 2.75) is 224 Å². The highest BCUT2D eigenvalue weighted by Gasteiger charge is 2.51. The van der Waals surface area contributed by atoms with Gasteiger partial charge < -0.3 is 19.4 Å². The van der Waals surface area contributed by atoms with Gasteiger partial charge in [0.25, 0.3) is 0 Å². The number of imidazole rings is 1. The van der Waals surface area contributed by atoms with Gasteiger partial charge in [0.2, 0.25) is 0 Å². The molecule has 2 fully saturated rings. The lowest BCUT2D eigenvalue weighted by molar-refractivity contribution is -0.193. The summed E-state index contributed by atoms with van der Waals surface area (Å²) in [5, 5.41) is 0. The van der Waals surface area contributed by atoms with Crippen molar-refractivity contribution in [3.63, 3.8) is 0 Å². The first-order valence-corrected chi connectivity index (χ1v) is 22.8. The van der Waals surface area contributed by atoms with Crippen LogP contribution in [-0.4, -0.2) is 52.5 Å². The number of ether oxygens (including phenoxy) is 2. The van der Waals surface area contributed by atoms with E-state index in [2.05, 4.69) is 84.4 Å². The number of nitrogens with zero attached hydrogens (tertiary/aromatic N) is 2. The van der Waals surface area contributed by atoms with Crippen LogP contribution in [0.3, 0.4) is 0 Å². The molecule has 3 rings (SSSR count). The van der Waals surface area contributed by atoms with Gasteiger partial charge in [-0.3, -0.25) is 0 Å². The molecule has 2 unspecified atom stereocenters. The minimum atomic E-state index is -0.348. The molecule has 1 aromatic heterocycles. The predicted octanol–water partition coefficient (Wildman–Crippen LogP) is 13.9. The van der Waals surface area contributed by atoms with Gasteiger partial charge in [-0.15, -0.1) is 0 Å². The molecule has 5 heteroatoms. The Morgan fingerprint density at radius 2 is 1.06 bits per heavy atom. The van der Waals surface area contributed by atoms with Crippen molar-refractivity contribution in [2.75, 3.05) is 13.6 Å². The van der Waals surface area contributed by atoms with Crippen molar-refractivity contribution in [1.82, 2.24) is 14.9 Å². The van der Waals surface area contributed by atoms with Crippen LogP contribution in [0, 0.1) is 0 Å². The third-order valence-electron chi connectivity index (χ3n) is 11.6. The molecular formula is C48H83N3O2. The van der Waals surface area contributed by atoms with Crippen molar-refractivity contribution in [3.05, 3.63) is 66.8 Å². The molecule has 53 heavy (non-hydrogen) atoms. The third-order valence-corrected chi connectivity index (χ3v) is 11.6. The SMILES string of the molecule is CCCCC/C=C\C/C=C\CCCCCCCCC1(CCCCCCCC/C=C\C/C=C\CCCCC)OC2CC(N(C)CCc3cnc[nH]3)CC2O1. The maximum Gasteiger partial charge on any atom is 0.169 e. The maximum atomic E-state index is 6.96. The van der Waals surface area contributed by atoms with Gasteiger partial charge in [-0.25, -0.2) is 4.98 Å². The standard InChI is InChI=1S/C48H83N3O2/c1-4-6-8-10-12-14-16-18-20-22-24-26-28-30-32-34-37-48(38-35-33-31-29-27-25-23-21-19-17-15-13-11-9-7-5-2)52-46-40-45(41-47(46)53-48)51(3)39-36-44-42-49-43-50-44/h12-15,18-21,42-43,45-47H,4-11,16-17,22-41H2,1-3H3,(H,49,50)/b14-12-,15-13-,20-18-,21-19-. The highest BCUT2D eigenvalue weighted by molar-refractivity contribution is 4.99. The molecule has 0 aromatic carbocycles. The number of fused-ring (bicyclic) bond motifs is 1. The van der Waals surface area contributed by atoms with E-state index in [1.165, 1.54) is 147 Å². The minimum absolute atomic E-state index is 0.254. The highest BCUT2D eigenvalue weighted by atomic mass is 16.8. The van der Waals surface area contributed by atoms with Crippen LogP contribution < -0.4 is 0 Å². The first kappa shape index (κ1) is 45.4. The summed E-state index contributed by atoms with van der Waals surface area (Å²) in [6.45, 7) is 5.58. The number of unbranched alkanes of at least 4 members (excludes halogenated alkanes) is 18. The van der Waals surface area contributed by atoms with Crippen LogP contribution in [0.25, 0.3) is 0 Å². The second-order valence-corrected chi connectivity index (χ2v) is 16.3. The maximum absolute atomic E-state index is 6.96. The van der Waals surface area contributed by atoms with Crippen LogP contribution in [-0.2, 0) is 15.9 Å². The topological polar surface area (TPSA) is 50.4 Å². The molecule has 2 atom stereocenters. The summed E-state index contributed by atoms with van der Waals surface area (Å²) in [7, 11) is 2.27. The lowest BCUT2D eigenvalue weighted by Crippen LogP contribution is -2.36. The Labute approximate surface area is 327 Å². The fraction of sp³-hybridized carbons (Fsp3) is 0.771. The van der Waals surface area contributed by atoms with Crippen molar-refractivity contribution < 1.29 is 9.47 Å². The Bertz CT molecular complexity index is 1030. The summed E-state index contributed by atoms with van der Waals surface area (Å²) >= 11 is 0. The molecule has 1 aliphatic carbocycles. The summed E-state index contributed by atoms with van der Waals surface area (Å²) in [5.41, 5.74) is 1.21. The minimum Gasteiger partial charge on any atom is -0.348 e. The van der Waals surface area contributed by atoms with Crippen LogP contribution in [0.15, 0.2) is 61.1 Å². The van der Waals surface area contributed by atoms with Crippen LogP contribution in [0.1, 0.15) is 199 Å². The first-order valence-electron chi connectivity index (χ1n) is 22.8. The second kappa shape index (κ2) is 30.3. The summed E-state index contributed by atoms with van der Waals surface area (Å²) in [4.78, 5) is 9.94. The molecule has 1 saturated carbocycles. The van der Waals surface area contributed by atoms with Gasteiger partial charge in [-0.05, 0) is 96.9 Å². The predicted molar refractivity (Wildman–Crippen MR) is 228 cm³/mol. The Balaban J connectivity index is 1.29. The van der Waals surface area contributed by atoms with Gasteiger partial charge >= 0.3 is 0 Å². The Kier molecular flexibility index (Phi) is 26.0. The lowest BCUT2D eigenvalue weighted by atomic mass is 9.98. The number of allylic oxidation sites excluding steroid dienone is 8.